The summed E-state index contributed by atoms with van der Waals surface area (Å²) >= 11 is 0. The third-order valence-electron chi connectivity index (χ3n) is 6.91. The van der Waals surface area contributed by atoms with Gasteiger partial charge in [-0.2, -0.15) is 0 Å². The molecule has 0 aliphatic carbocycles. The van der Waals surface area contributed by atoms with Gasteiger partial charge in [-0.25, -0.2) is 9.97 Å². The van der Waals surface area contributed by atoms with E-state index in [0.717, 1.165) is 59.6 Å². The summed E-state index contributed by atoms with van der Waals surface area (Å²) < 4.78 is 14.5. The van der Waals surface area contributed by atoms with Crippen molar-refractivity contribution in [3.05, 3.63) is 102 Å². The quantitative estimate of drug-likeness (QED) is 0.230. The third kappa shape index (κ3) is 5.02. The third-order valence-corrected chi connectivity index (χ3v) is 6.91. The number of aromatic nitrogens is 3. The van der Waals surface area contributed by atoms with Gasteiger partial charge in [-0.3, -0.25) is 0 Å². The molecule has 1 aliphatic heterocycles. The van der Waals surface area contributed by atoms with E-state index in [2.05, 4.69) is 108 Å². The number of anilines is 1. The molecule has 1 fully saturated rings. The average Bonchev–Trinajstić information content (AvgIpc) is 3.33. The van der Waals surface area contributed by atoms with Gasteiger partial charge in [0.2, 0.25) is 6.29 Å². The number of nitrogens with zero attached hydrogens (tertiary/aromatic N) is 4. The van der Waals surface area contributed by atoms with E-state index in [9.17, 15) is 0 Å². The van der Waals surface area contributed by atoms with Gasteiger partial charge in [-0.05, 0) is 29.5 Å². The summed E-state index contributed by atoms with van der Waals surface area (Å²) in [4.78, 5) is 12.8. The zero-order chi connectivity index (χ0) is 25.9. The molecule has 0 unspecified atom stereocenters. The van der Waals surface area contributed by atoms with E-state index >= 15 is 0 Å². The number of ether oxygens (including phenoxy) is 2. The highest BCUT2D eigenvalue weighted by atomic mass is 16.7. The summed E-state index contributed by atoms with van der Waals surface area (Å²) in [5.74, 6) is 2.13. The van der Waals surface area contributed by atoms with Gasteiger partial charge in [-0.15, -0.1) is 0 Å². The van der Waals surface area contributed by atoms with Crippen LogP contribution in [0.25, 0.3) is 21.9 Å². The Bertz CT molecular complexity index is 1470. The Hall–Kier alpha value is -3.74. The van der Waals surface area contributed by atoms with Crippen LogP contribution in [0.5, 0.6) is 0 Å². The Morgan fingerprint density at radius 1 is 0.816 bits per heavy atom. The molecule has 0 bridgehead atoms. The van der Waals surface area contributed by atoms with E-state index in [4.69, 9.17) is 19.4 Å². The second-order valence-electron chi connectivity index (χ2n) is 10.4. The summed E-state index contributed by atoms with van der Waals surface area (Å²) in [5, 5.41) is 1.10. The highest BCUT2D eigenvalue weighted by Crippen LogP contribution is 2.36. The van der Waals surface area contributed by atoms with Crippen molar-refractivity contribution in [1.82, 2.24) is 14.5 Å². The second-order valence-corrected chi connectivity index (χ2v) is 10.4. The van der Waals surface area contributed by atoms with E-state index in [-0.39, 0.29) is 0 Å². The highest BCUT2D eigenvalue weighted by molar-refractivity contribution is 6.07. The van der Waals surface area contributed by atoms with Crippen LogP contribution in [-0.4, -0.2) is 27.7 Å². The Morgan fingerprint density at radius 3 is 2.05 bits per heavy atom. The summed E-state index contributed by atoms with van der Waals surface area (Å²) in [7, 11) is 0. The average molecular weight is 507 g/mol. The molecule has 1 saturated heterocycles. The van der Waals surface area contributed by atoms with Crippen LogP contribution in [-0.2, 0) is 29.1 Å². The van der Waals surface area contributed by atoms with Crippen molar-refractivity contribution in [2.75, 3.05) is 18.1 Å². The lowest BCUT2D eigenvalue weighted by Gasteiger charge is -2.25. The molecule has 0 atom stereocenters. The molecule has 194 valence electrons. The number of benzene rings is 3. The minimum absolute atomic E-state index is 0.426. The van der Waals surface area contributed by atoms with Crippen molar-refractivity contribution in [2.45, 2.75) is 46.2 Å². The van der Waals surface area contributed by atoms with Gasteiger partial charge >= 0.3 is 0 Å². The van der Waals surface area contributed by atoms with Crippen molar-refractivity contribution < 1.29 is 9.47 Å². The SMILES string of the molecule is CC(C)Cn1c(C2OCCCO2)nc2c(N(Cc3ccccc3)Cc3ccccc3)nc3ccccc3c21. The number of rotatable bonds is 8. The van der Waals surface area contributed by atoms with Crippen LogP contribution < -0.4 is 4.90 Å². The minimum Gasteiger partial charge on any atom is -0.346 e. The first-order valence-electron chi connectivity index (χ1n) is 13.5. The largest absolute Gasteiger partial charge is 0.346 e. The normalized spacial score (nSPS) is 14.5. The number of fused-ring (bicyclic) bond motifs is 3. The van der Waals surface area contributed by atoms with Gasteiger partial charge < -0.3 is 18.9 Å². The predicted molar refractivity (Wildman–Crippen MR) is 152 cm³/mol. The summed E-state index contributed by atoms with van der Waals surface area (Å²) in [6, 6.07) is 29.5. The van der Waals surface area contributed by atoms with Gasteiger partial charge in [0, 0.05) is 25.0 Å². The number of para-hydroxylation sites is 1. The maximum absolute atomic E-state index is 6.08. The van der Waals surface area contributed by atoms with Gasteiger partial charge in [0.1, 0.15) is 5.52 Å². The predicted octanol–water partition coefficient (Wildman–Crippen LogP) is 6.88. The molecule has 1 aliphatic rings. The lowest BCUT2D eigenvalue weighted by Crippen LogP contribution is -2.23. The number of pyridine rings is 1. The van der Waals surface area contributed by atoms with Crippen molar-refractivity contribution >= 4 is 27.8 Å². The fourth-order valence-electron chi connectivity index (χ4n) is 5.24. The Kier molecular flexibility index (Phi) is 7.08. The van der Waals surface area contributed by atoms with Crippen LogP contribution in [0, 0.1) is 5.92 Å². The number of hydrogen-bond donors (Lipinski definition) is 0. The molecular weight excluding hydrogens is 472 g/mol. The Morgan fingerprint density at radius 2 is 1.42 bits per heavy atom. The molecule has 0 radical (unpaired) electrons. The Labute approximate surface area is 223 Å². The van der Waals surface area contributed by atoms with Crippen LogP contribution in [0.4, 0.5) is 5.82 Å². The minimum atomic E-state index is -0.474. The zero-order valence-electron chi connectivity index (χ0n) is 22.1. The molecule has 0 spiro atoms. The van der Waals surface area contributed by atoms with Gasteiger partial charge in [0.25, 0.3) is 0 Å². The van der Waals surface area contributed by atoms with Crippen molar-refractivity contribution in [3.8, 4) is 0 Å². The fourth-order valence-corrected chi connectivity index (χ4v) is 5.24. The molecule has 3 heterocycles. The maximum atomic E-state index is 6.08. The van der Waals surface area contributed by atoms with E-state index in [1.54, 1.807) is 0 Å². The number of hydrogen-bond acceptors (Lipinski definition) is 5. The molecule has 0 amide bonds. The van der Waals surface area contributed by atoms with Gasteiger partial charge in [-0.1, -0.05) is 92.7 Å². The van der Waals surface area contributed by atoms with Crippen molar-refractivity contribution in [2.24, 2.45) is 5.92 Å². The smallest absolute Gasteiger partial charge is 0.217 e. The number of imidazole rings is 1. The highest BCUT2D eigenvalue weighted by Gasteiger charge is 2.28. The van der Waals surface area contributed by atoms with Crippen LogP contribution in [0.15, 0.2) is 84.9 Å². The van der Waals surface area contributed by atoms with E-state index in [1.807, 2.05) is 0 Å². The summed E-state index contributed by atoms with van der Waals surface area (Å²) in [6.45, 7) is 8.09. The van der Waals surface area contributed by atoms with Gasteiger partial charge in [0.05, 0.1) is 24.2 Å². The van der Waals surface area contributed by atoms with Crippen molar-refractivity contribution in [1.29, 1.82) is 0 Å². The zero-order valence-corrected chi connectivity index (χ0v) is 22.1. The van der Waals surface area contributed by atoms with E-state index < -0.39 is 6.29 Å². The molecule has 3 aromatic carbocycles. The van der Waals surface area contributed by atoms with Crippen LogP contribution in [0.3, 0.4) is 0 Å². The maximum Gasteiger partial charge on any atom is 0.217 e. The molecular formula is C32H34N4O2. The second kappa shape index (κ2) is 10.9. The first-order valence-corrected chi connectivity index (χ1v) is 13.5. The van der Waals surface area contributed by atoms with Crippen molar-refractivity contribution in [3.63, 3.8) is 0 Å². The topological polar surface area (TPSA) is 52.4 Å². The van der Waals surface area contributed by atoms with Crippen LogP contribution >= 0.6 is 0 Å². The monoisotopic (exact) mass is 506 g/mol. The standard InChI is InChI=1S/C32H34N4O2/c1-23(2)20-36-29-26-16-9-10-17-27(26)33-30(28(29)34-31(36)32-37-18-11-19-38-32)35(21-24-12-5-3-6-13-24)22-25-14-7-4-8-15-25/h3-10,12-17,23,32H,11,18-22H2,1-2H3. The molecule has 0 saturated carbocycles. The molecule has 0 N–H and O–H groups in total. The Balaban J connectivity index is 1.58. The van der Waals surface area contributed by atoms with E-state index in [0.29, 0.717) is 19.1 Å². The molecule has 5 aromatic rings. The van der Waals surface area contributed by atoms with Gasteiger partial charge in [0.15, 0.2) is 11.6 Å². The molecule has 6 heteroatoms. The summed E-state index contributed by atoms with van der Waals surface area (Å²) in [6.07, 6.45) is 0.427. The van der Waals surface area contributed by atoms with E-state index in [1.165, 1.54) is 11.1 Å². The van der Waals surface area contributed by atoms with Crippen LogP contribution in [0.1, 0.15) is 43.5 Å². The lowest BCUT2D eigenvalue weighted by atomic mass is 10.1. The lowest BCUT2D eigenvalue weighted by molar-refractivity contribution is -0.188. The first-order chi connectivity index (χ1) is 18.7. The molecule has 6 nitrogen and oxygen atoms in total. The molecule has 6 rings (SSSR count). The first kappa shape index (κ1) is 24.6. The fraction of sp³-hybridized carbons (Fsp3) is 0.312. The van der Waals surface area contributed by atoms with Crippen LogP contribution in [0.2, 0.25) is 0 Å². The summed E-state index contributed by atoms with van der Waals surface area (Å²) in [5.41, 5.74) is 5.41. The molecule has 38 heavy (non-hydrogen) atoms. The molecule has 2 aromatic heterocycles.